The van der Waals surface area contributed by atoms with Crippen molar-refractivity contribution in [1.29, 1.82) is 0 Å². The maximum Gasteiger partial charge on any atom is 0.276 e. The van der Waals surface area contributed by atoms with E-state index in [9.17, 15) is 4.79 Å². The number of hydrogen-bond donors (Lipinski definition) is 1. The van der Waals surface area contributed by atoms with Gasteiger partial charge in [0, 0.05) is 11.8 Å². The third-order valence-corrected chi connectivity index (χ3v) is 5.28. The van der Waals surface area contributed by atoms with E-state index in [-0.39, 0.29) is 18.8 Å². The Bertz CT molecular complexity index is 1140. The van der Waals surface area contributed by atoms with Crippen molar-refractivity contribution in [3.8, 4) is 23.0 Å². The monoisotopic (exact) mass is 423 g/mol. The lowest BCUT2D eigenvalue weighted by molar-refractivity contribution is -0.00127. The van der Waals surface area contributed by atoms with Gasteiger partial charge in [-0.05, 0) is 35.9 Å². The molecule has 0 bridgehead atoms. The minimum Gasteiger partial charge on any atom is -0.493 e. The van der Waals surface area contributed by atoms with Gasteiger partial charge < -0.3 is 29.0 Å². The fraction of sp³-hybridized carbons (Fsp3) is 0.273. The van der Waals surface area contributed by atoms with E-state index in [1.54, 1.807) is 38.5 Å². The lowest BCUT2D eigenvalue weighted by Gasteiger charge is -2.24. The number of methoxy groups -OCH3 is 2. The van der Waals surface area contributed by atoms with E-state index in [0.717, 1.165) is 17.0 Å². The largest absolute Gasteiger partial charge is 0.493 e. The number of anilines is 1. The van der Waals surface area contributed by atoms with Crippen molar-refractivity contribution in [2.24, 2.45) is 0 Å². The van der Waals surface area contributed by atoms with Crippen molar-refractivity contribution in [3.05, 3.63) is 59.4 Å². The molecule has 31 heavy (non-hydrogen) atoms. The highest BCUT2D eigenvalue weighted by Gasteiger charge is 2.26. The number of aromatic nitrogens is 2. The summed E-state index contributed by atoms with van der Waals surface area (Å²) in [6.07, 6.45) is -0.191. The van der Waals surface area contributed by atoms with Gasteiger partial charge in [-0.1, -0.05) is 6.07 Å². The zero-order valence-corrected chi connectivity index (χ0v) is 17.1. The van der Waals surface area contributed by atoms with Crippen molar-refractivity contribution in [2.45, 2.75) is 19.3 Å². The smallest absolute Gasteiger partial charge is 0.276 e. The van der Waals surface area contributed by atoms with Crippen LogP contribution >= 0.6 is 0 Å². The van der Waals surface area contributed by atoms with Crippen molar-refractivity contribution in [1.82, 2.24) is 9.78 Å². The summed E-state index contributed by atoms with van der Waals surface area (Å²) in [7, 11) is 3.11. The first-order chi connectivity index (χ1) is 15.1. The lowest BCUT2D eigenvalue weighted by atomic mass is 10.1. The predicted octanol–water partition coefficient (Wildman–Crippen LogP) is 3.15. The number of fused-ring (bicyclic) bond motifs is 2. The third kappa shape index (κ3) is 3.64. The summed E-state index contributed by atoms with van der Waals surface area (Å²) in [5.74, 6) is 2.25. The summed E-state index contributed by atoms with van der Waals surface area (Å²) in [4.78, 5) is 12.7. The average Bonchev–Trinajstić information content (AvgIpc) is 3.44. The highest BCUT2D eigenvalue weighted by molar-refractivity contribution is 6.03. The molecule has 0 aliphatic carbocycles. The van der Waals surface area contributed by atoms with Crippen LogP contribution in [0.15, 0.2) is 42.5 Å². The SMILES string of the molecule is COc1ccc(NC(=O)c2cc3n(n2)CC(c2ccc4c(c2)OCO4)OC3)cc1OC. The van der Waals surface area contributed by atoms with E-state index in [1.807, 2.05) is 22.9 Å². The molecule has 160 valence electrons. The van der Waals surface area contributed by atoms with Crippen molar-refractivity contribution in [3.63, 3.8) is 0 Å². The van der Waals surface area contributed by atoms with Crippen LogP contribution in [0.5, 0.6) is 23.0 Å². The normalized spacial score (nSPS) is 16.5. The molecule has 0 saturated heterocycles. The Morgan fingerprint density at radius 1 is 1.06 bits per heavy atom. The van der Waals surface area contributed by atoms with Gasteiger partial charge in [-0.2, -0.15) is 5.10 Å². The second-order valence-corrected chi connectivity index (χ2v) is 7.14. The van der Waals surface area contributed by atoms with Gasteiger partial charge in [0.15, 0.2) is 28.7 Å². The molecule has 0 spiro atoms. The molecule has 9 nitrogen and oxygen atoms in total. The van der Waals surface area contributed by atoms with Crippen molar-refractivity contribution < 1.29 is 28.5 Å². The van der Waals surface area contributed by atoms with Gasteiger partial charge in [-0.25, -0.2) is 0 Å². The molecule has 3 heterocycles. The highest BCUT2D eigenvalue weighted by atomic mass is 16.7. The first-order valence-corrected chi connectivity index (χ1v) is 9.76. The summed E-state index contributed by atoms with van der Waals surface area (Å²) in [6, 6.07) is 12.7. The quantitative estimate of drug-likeness (QED) is 0.674. The van der Waals surface area contributed by atoms with Crippen LogP contribution in [0.2, 0.25) is 0 Å². The van der Waals surface area contributed by atoms with Crippen LogP contribution in [-0.4, -0.2) is 36.7 Å². The third-order valence-electron chi connectivity index (χ3n) is 5.28. The number of benzene rings is 2. The van der Waals surface area contributed by atoms with Crippen molar-refractivity contribution in [2.75, 3.05) is 26.3 Å². The molecule has 1 aromatic heterocycles. The van der Waals surface area contributed by atoms with Crippen LogP contribution in [0.25, 0.3) is 0 Å². The lowest BCUT2D eigenvalue weighted by Crippen LogP contribution is -2.22. The fourth-order valence-electron chi connectivity index (χ4n) is 3.66. The summed E-state index contributed by atoms with van der Waals surface area (Å²) in [5.41, 5.74) is 2.72. The van der Waals surface area contributed by atoms with Gasteiger partial charge in [0.2, 0.25) is 6.79 Å². The molecule has 2 aliphatic heterocycles. The summed E-state index contributed by atoms with van der Waals surface area (Å²) in [5, 5.41) is 7.33. The predicted molar refractivity (Wildman–Crippen MR) is 110 cm³/mol. The second-order valence-electron chi connectivity index (χ2n) is 7.14. The van der Waals surface area contributed by atoms with Gasteiger partial charge in [0.05, 0.1) is 33.1 Å². The minimum absolute atomic E-state index is 0.191. The number of nitrogens with zero attached hydrogens (tertiary/aromatic N) is 2. The Balaban J connectivity index is 1.31. The Morgan fingerprint density at radius 2 is 1.90 bits per heavy atom. The number of nitrogens with one attached hydrogen (secondary N) is 1. The first-order valence-electron chi connectivity index (χ1n) is 9.76. The molecular formula is C22H21N3O6. The van der Waals surface area contributed by atoms with E-state index in [4.69, 9.17) is 23.7 Å². The van der Waals surface area contributed by atoms with Crippen LogP contribution in [0.1, 0.15) is 27.8 Å². The first kappa shape index (κ1) is 19.3. The zero-order valence-electron chi connectivity index (χ0n) is 17.1. The van der Waals surface area contributed by atoms with Gasteiger partial charge in [0.1, 0.15) is 6.10 Å². The highest BCUT2D eigenvalue weighted by Crippen LogP contribution is 2.36. The van der Waals surface area contributed by atoms with Crippen LogP contribution in [0, 0.1) is 0 Å². The summed E-state index contributed by atoms with van der Waals surface area (Å²) >= 11 is 0. The van der Waals surface area contributed by atoms with E-state index < -0.39 is 0 Å². The Kier molecular flexibility index (Phi) is 4.87. The molecule has 1 N–H and O–H groups in total. The second kappa shape index (κ2) is 7.84. The number of carbonyl (C=O) groups excluding carboxylic acids is 1. The van der Waals surface area contributed by atoms with Gasteiger partial charge in [0.25, 0.3) is 5.91 Å². The van der Waals surface area contributed by atoms with Crippen molar-refractivity contribution >= 4 is 11.6 Å². The van der Waals surface area contributed by atoms with Gasteiger partial charge in [-0.3, -0.25) is 9.48 Å². The van der Waals surface area contributed by atoms with Gasteiger partial charge >= 0.3 is 0 Å². The molecular weight excluding hydrogens is 402 g/mol. The van der Waals surface area contributed by atoms with E-state index >= 15 is 0 Å². The number of ether oxygens (including phenoxy) is 5. The molecule has 5 rings (SSSR count). The molecule has 1 unspecified atom stereocenters. The van der Waals surface area contributed by atoms with Crippen LogP contribution in [0.4, 0.5) is 5.69 Å². The number of amides is 1. The van der Waals surface area contributed by atoms with E-state index in [2.05, 4.69) is 10.4 Å². The standard InChI is InChI=1S/C22H21N3O6/c1-27-17-6-4-14(8-19(17)28-2)23-22(26)16-9-15-11-29-21(10-25(15)24-16)13-3-5-18-20(7-13)31-12-30-18/h3-9,21H,10-12H2,1-2H3,(H,23,26). The Hall–Kier alpha value is -3.72. The average molecular weight is 423 g/mol. The number of carbonyl (C=O) groups is 1. The Morgan fingerprint density at radius 3 is 2.74 bits per heavy atom. The van der Waals surface area contributed by atoms with Crippen LogP contribution < -0.4 is 24.3 Å². The fourth-order valence-corrected chi connectivity index (χ4v) is 3.66. The molecule has 1 amide bonds. The molecule has 2 aliphatic rings. The van der Waals surface area contributed by atoms with Crippen LogP contribution in [-0.2, 0) is 17.9 Å². The molecule has 3 aromatic rings. The molecule has 9 heteroatoms. The number of rotatable bonds is 5. The van der Waals surface area contributed by atoms with Gasteiger partial charge in [-0.15, -0.1) is 0 Å². The topological polar surface area (TPSA) is 93.1 Å². The zero-order chi connectivity index (χ0) is 21.4. The maximum atomic E-state index is 12.7. The summed E-state index contributed by atoms with van der Waals surface area (Å²) in [6.45, 7) is 1.08. The van der Waals surface area contributed by atoms with E-state index in [0.29, 0.717) is 41.8 Å². The van der Waals surface area contributed by atoms with Crippen LogP contribution in [0.3, 0.4) is 0 Å². The molecule has 1 atom stereocenters. The van der Waals surface area contributed by atoms with E-state index in [1.165, 1.54) is 0 Å². The molecule has 0 saturated carbocycles. The maximum absolute atomic E-state index is 12.7. The minimum atomic E-state index is -0.311. The Labute approximate surface area is 178 Å². The number of hydrogen-bond acceptors (Lipinski definition) is 7. The molecule has 0 radical (unpaired) electrons. The summed E-state index contributed by atoms with van der Waals surface area (Å²) < 4.78 is 29.1. The molecule has 2 aromatic carbocycles. The molecule has 0 fully saturated rings.